The monoisotopic (exact) mass is 349 g/mol. The number of anilines is 1. The lowest BCUT2D eigenvalue weighted by Crippen LogP contribution is -2.38. The number of carbonyl (C=O) groups excluding carboxylic acids is 2. The number of aryl methyl sites for hydroxylation is 2. The quantitative estimate of drug-likeness (QED) is 0.770. The van der Waals surface area contributed by atoms with Crippen LogP contribution in [-0.2, 0) is 9.59 Å². The zero-order valence-electron chi connectivity index (χ0n) is 16.2. The topological polar surface area (TPSA) is 37.4 Å². The summed E-state index contributed by atoms with van der Waals surface area (Å²) >= 11 is 0. The molecule has 0 heterocycles. The molecule has 0 radical (unpaired) electrons. The largest absolute Gasteiger partial charge is 0.378 e. The number of Topliss-reactive ketones (excluding diaryl/α,β-unsaturated/α-hetero) is 2. The highest BCUT2D eigenvalue weighted by Crippen LogP contribution is 2.41. The molecule has 3 nitrogen and oxygen atoms in total. The molecule has 0 spiro atoms. The van der Waals surface area contributed by atoms with Crippen LogP contribution in [0.15, 0.2) is 42.5 Å². The summed E-state index contributed by atoms with van der Waals surface area (Å²) in [5.74, 6) is -0.704. The maximum atomic E-state index is 13.2. The number of hydrogen-bond donors (Lipinski definition) is 0. The molecule has 2 aromatic carbocycles. The van der Waals surface area contributed by atoms with E-state index in [0.717, 1.165) is 27.9 Å². The van der Waals surface area contributed by atoms with Gasteiger partial charge in [-0.15, -0.1) is 0 Å². The number of rotatable bonds is 3. The van der Waals surface area contributed by atoms with Crippen molar-refractivity contribution in [2.45, 2.75) is 39.0 Å². The molecule has 3 unspecified atom stereocenters. The lowest BCUT2D eigenvalue weighted by atomic mass is 9.67. The predicted molar refractivity (Wildman–Crippen MR) is 106 cm³/mol. The van der Waals surface area contributed by atoms with Gasteiger partial charge in [0, 0.05) is 38.0 Å². The predicted octanol–water partition coefficient (Wildman–Crippen LogP) is 4.41. The van der Waals surface area contributed by atoms with E-state index in [1.807, 2.05) is 58.0 Å². The minimum atomic E-state index is -0.608. The van der Waals surface area contributed by atoms with Gasteiger partial charge in [0.15, 0.2) is 5.78 Å². The van der Waals surface area contributed by atoms with Crippen molar-refractivity contribution in [3.8, 4) is 0 Å². The summed E-state index contributed by atoms with van der Waals surface area (Å²) in [5.41, 5.74) is 5.15. The molecule has 1 aliphatic rings. The van der Waals surface area contributed by atoms with Gasteiger partial charge < -0.3 is 4.90 Å². The molecule has 1 saturated carbocycles. The summed E-state index contributed by atoms with van der Waals surface area (Å²) in [6.45, 7) is 5.94. The van der Waals surface area contributed by atoms with Crippen LogP contribution in [0.3, 0.4) is 0 Å². The van der Waals surface area contributed by atoms with Crippen molar-refractivity contribution in [2.24, 2.45) is 5.92 Å². The molecule has 0 N–H and O–H groups in total. The molecule has 0 bridgehead atoms. The third-order valence-electron chi connectivity index (χ3n) is 5.75. The molecule has 0 saturated heterocycles. The van der Waals surface area contributed by atoms with Crippen LogP contribution >= 0.6 is 0 Å². The Morgan fingerprint density at radius 2 is 1.50 bits per heavy atom. The van der Waals surface area contributed by atoms with E-state index >= 15 is 0 Å². The van der Waals surface area contributed by atoms with Crippen LogP contribution in [0.2, 0.25) is 0 Å². The third-order valence-corrected chi connectivity index (χ3v) is 5.75. The highest BCUT2D eigenvalue weighted by molar-refractivity contribution is 6.11. The van der Waals surface area contributed by atoms with Gasteiger partial charge in [0.25, 0.3) is 0 Å². The second kappa shape index (κ2) is 7.06. The molecule has 3 rings (SSSR count). The Labute approximate surface area is 156 Å². The van der Waals surface area contributed by atoms with E-state index in [1.165, 1.54) is 0 Å². The summed E-state index contributed by atoms with van der Waals surface area (Å²) in [4.78, 5) is 28.2. The third kappa shape index (κ3) is 3.18. The Morgan fingerprint density at radius 1 is 0.923 bits per heavy atom. The Hall–Kier alpha value is -2.42. The molecule has 0 aromatic heterocycles. The molecule has 2 aromatic rings. The first kappa shape index (κ1) is 18.4. The average Bonchev–Trinajstić information content (AvgIpc) is 2.60. The van der Waals surface area contributed by atoms with Crippen molar-refractivity contribution in [3.05, 3.63) is 64.7 Å². The Kier molecular flexibility index (Phi) is 4.99. The SMILES string of the molecule is Cc1cccc(C)c1C1C(=O)CC(c2ccc(N(C)C)cc2)C(C)C1=O. The van der Waals surface area contributed by atoms with Crippen LogP contribution in [0.1, 0.15) is 47.4 Å². The molecule has 1 fully saturated rings. The van der Waals surface area contributed by atoms with E-state index in [1.54, 1.807) is 0 Å². The summed E-state index contributed by atoms with van der Waals surface area (Å²) < 4.78 is 0. The van der Waals surface area contributed by atoms with E-state index in [9.17, 15) is 9.59 Å². The standard InChI is InChI=1S/C23H27NO2/c1-14-7-6-8-15(2)21(14)22-20(25)13-19(16(3)23(22)26)17-9-11-18(12-10-17)24(4)5/h6-12,16,19,22H,13H2,1-5H3. The molecular weight excluding hydrogens is 322 g/mol. The van der Waals surface area contributed by atoms with Crippen molar-refractivity contribution in [1.82, 2.24) is 0 Å². The summed E-state index contributed by atoms with van der Waals surface area (Å²) in [7, 11) is 4.00. The normalized spacial score (nSPS) is 23.2. The molecule has 0 amide bonds. The number of hydrogen-bond acceptors (Lipinski definition) is 3. The minimum absolute atomic E-state index is 0.0354. The Morgan fingerprint density at radius 3 is 2.04 bits per heavy atom. The fraction of sp³-hybridized carbons (Fsp3) is 0.391. The minimum Gasteiger partial charge on any atom is -0.378 e. The highest BCUT2D eigenvalue weighted by atomic mass is 16.2. The van der Waals surface area contributed by atoms with Gasteiger partial charge in [0.05, 0.1) is 0 Å². The fourth-order valence-corrected chi connectivity index (χ4v) is 4.14. The highest BCUT2D eigenvalue weighted by Gasteiger charge is 2.43. The number of ketones is 2. The summed E-state index contributed by atoms with van der Waals surface area (Å²) in [5, 5.41) is 0. The zero-order chi connectivity index (χ0) is 19.0. The van der Waals surface area contributed by atoms with Gasteiger partial charge in [-0.2, -0.15) is 0 Å². The van der Waals surface area contributed by atoms with Gasteiger partial charge in [-0.05, 0) is 48.2 Å². The summed E-state index contributed by atoms with van der Waals surface area (Å²) in [6, 6.07) is 14.2. The Bertz CT molecular complexity index is 816. The lowest BCUT2D eigenvalue weighted by molar-refractivity contribution is -0.135. The Balaban J connectivity index is 1.92. The van der Waals surface area contributed by atoms with Crippen LogP contribution in [0.5, 0.6) is 0 Å². The lowest BCUT2D eigenvalue weighted by Gasteiger charge is -2.33. The van der Waals surface area contributed by atoms with E-state index in [2.05, 4.69) is 24.3 Å². The van der Waals surface area contributed by atoms with Crippen molar-refractivity contribution >= 4 is 17.3 Å². The smallest absolute Gasteiger partial charge is 0.151 e. The molecule has 136 valence electrons. The van der Waals surface area contributed by atoms with Crippen LogP contribution in [0.4, 0.5) is 5.69 Å². The van der Waals surface area contributed by atoms with Crippen LogP contribution < -0.4 is 4.90 Å². The first-order chi connectivity index (χ1) is 12.3. The maximum absolute atomic E-state index is 13.2. The van der Waals surface area contributed by atoms with Crippen LogP contribution in [-0.4, -0.2) is 25.7 Å². The summed E-state index contributed by atoms with van der Waals surface area (Å²) in [6.07, 6.45) is 0.423. The van der Waals surface area contributed by atoms with Crippen molar-refractivity contribution in [2.75, 3.05) is 19.0 Å². The van der Waals surface area contributed by atoms with E-state index in [0.29, 0.717) is 6.42 Å². The van der Waals surface area contributed by atoms with Gasteiger partial charge in [0.2, 0.25) is 0 Å². The second-order valence-electron chi connectivity index (χ2n) is 7.69. The fourth-order valence-electron chi connectivity index (χ4n) is 4.14. The first-order valence-electron chi connectivity index (χ1n) is 9.21. The molecule has 3 heteroatoms. The molecule has 1 aliphatic carbocycles. The number of nitrogens with zero attached hydrogens (tertiary/aromatic N) is 1. The van der Waals surface area contributed by atoms with Crippen molar-refractivity contribution < 1.29 is 9.59 Å². The van der Waals surface area contributed by atoms with Crippen LogP contribution in [0, 0.1) is 19.8 Å². The van der Waals surface area contributed by atoms with Gasteiger partial charge >= 0.3 is 0 Å². The first-order valence-corrected chi connectivity index (χ1v) is 9.21. The molecule has 3 atom stereocenters. The maximum Gasteiger partial charge on any atom is 0.151 e. The number of benzene rings is 2. The average molecular weight is 349 g/mol. The molecule has 26 heavy (non-hydrogen) atoms. The van der Waals surface area contributed by atoms with Crippen molar-refractivity contribution in [1.29, 1.82) is 0 Å². The van der Waals surface area contributed by atoms with E-state index in [4.69, 9.17) is 0 Å². The van der Waals surface area contributed by atoms with Gasteiger partial charge in [-0.1, -0.05) is 37.3 Å². The van der Waals surface area contributed by atoms with E-state index < -0.39 is 5.92 Å². The van der Waals surface area contributed by atoms with Gasteiger partial charge in [0.1, 0.15) is 11.7 Å². The molecule has 0 aliphatic heterocycles. The molecular formula is C23H27NO2. The van der Waals surface area contributed by atoms with Gasteiger partial charge in [-0.3, -0.25) is 9.59 Å². The second-order valence-corrected chi connectivity index (χ2v) is 7.69. The van der Waals surface area contributed by atoms with Gasteiger partial charge in [-0.25, -0.2) is 0 Å². The zero-order valence-corrected chi connectivity index (χ0v) is 16.2. The number of carbonyl (C=O) groups is 2. The van der Waals surface area contributed by atoms with E-state index in [-0.39, 0.29) is 23.4 Å². The van der Waals surface area contributed by atoms with Crippen molar-refractivity contribution in [3.63, 3.8) is 0 Å². The van der Waals surface area contributed by atoms with Crippen LogP contribution in [0.25, 0.3) is 0 Å².